The number of terminal acetylenes is 2. The van der Waals surface area contributed by atoms with Gasteiger partial charge in [0.1, 0.15) is 11.8 Å². The Balaban J connectivity index is 0.000000869. The number of carbonyl (C=O) groups excluding carboxylic acids is 4. The summed E-state index contributed by atoms with van der Waals surface area (Å²) >= 11 is 1.78. The highest BCUT2D eigenvalue weighted by atomic mass is 32.1. The Hall–Kier alpha value is -6.77. The first-order valence-electron chi connectivity index (χ1n) is 16.8. The highest BCUT2D eigenvalue weighted by Gasteiger charge is 2.21. The van der Waals surface area contributed by atoms with Crippen molar-refractivity contribution in [3.05, 3.63) is 112 Å². The van der Waals surface area contributed by atoms with E-state index in [0.717, 1.165) is 11.5 Å². The van der Waals surface area contributed by atoms with Gasteiger partial charge in [-0.15, -0.1) is 37.0 Å². The van der Waals surface area contributed by atoms with Crippen molar-refractivity contribution in [1.82, 2.24) is 21.3 Å². The summed E-state index contributed by atoms with van der Waals surface area (Å²) in [5.74, 6) is -1.73. The van der Waals surface area contributed by atoms with Gasteiger partial charge in [-0.1, -0.05) is 60.2 Å². The van der Waals surface area contributed by atoms with Crippen molar-refractivity contribution in [3.63, 3.8) is 0 Å². The monoisotopic (exact) mass is 786 g/mol. The number of aryl methyl sites for hydroxylation is 3. The van der Waals surface area contributed by atoms with Crippen LogP contribution in [0.3, 0.4) is 0 Å². The van der Waals surface area contributed by atoms with E-state index in [1.807, 2.05) is 43.3 Å². The minimum absolute atomic E-state index is 0.0197. The summed E-state index contributed by atoms with van der Waals surface area (Å²) in [4.78, 5) is 59.6. The average molecular weight is 787 g/mol. The fourth-order valence-electron chi connectivity index (χ4n) is 4.10. The van der Waals surface area contributed by atoms with Gasteiger partial charge in [0.15, 0.2) is 18.1 Å². The summed E-state index contributed by atoms with van der Waals surface area (Å²) in [6.07, 6.45) is 16.0. The lowest BCUT2D eigenvalue weighted by Gasteiger charge is -2.15. The van der Waals surface area contributed by atoms with Crippen LogP contribution in [-0.2, 0) is 30.4 Å². The zero-order valence-corrected chi connectivity index (χ0v) is 33.0. The van der Waals surface area contributed by atoms with Gasteiger partial charge >= 0.3 is 5.97 Å². The van der Waals surface area contributed by atoms with E-state index in [9.17, 15) is 29.1 Å². The maximum absolute atomic E-state index is 11.9. The van der Waals surface area contributed by atoms with Crippen molar-refractivity contribution in [3.8, 4) is 42.9 Å². The number of hydrogen-bond acceptors (Lipinski definition) is 9. The number of ether oxygens (including phenoxy) is 3. The highest BCUT2D eigenvalue weighted by molar-refractivity contribution is 7.09. The fourth-order valence-corrected chi connectivity index (χ4v) is 4.63. The number of aliphatic carboxylic acids is 1. The van der Waals surface area contributed by atoms with E-state index >= 15 is 0 Å². The van der Waals surface area contributed by atoms with E-state index in [2.05, 4.69) is 90.5 Å². The quantitative estimate of drug-likeness (QED) is 0.151. The Labute approximate surface area is 333 Å². The predicted molar refractivity (Wildman–Crippen MR) is 219 cm³/mol. The second-order valence-corrected chi connectivity index (χ2v) is 12.3. The first-order valence-corrected chi connectivity index (χ1v) is 17.7. The van der Waals surface area contributed by atoms with Crippen molar-refractivity contribution in [2.24, 2.45) is 0 Å². The van der Waals surface area contributed by atoms with Crippen molar-refractivity contribution in [1.29, 1.82) is 0 Å². The molecule has 56 heavy (non-hydrogen) atoms. The number of rotatable bonds is 3. The van der Waals surface area contributed by atoms with Crippen LogP contribution in [0.2, 0.25) is 0 Å². The van der Waals surface area contributed by atoms with Gasteiger partial charge in [0, 0.05) is 11.3 Å². The number of nitrogens with one attached hydrogen (secondary N) is 4. The Morgan fingerprint density at radius 3 is 1.70 bits per heavy atom. The molecule has 3 heterocycles. The largest absolute Gasteiger partial charge is 0.493 e. The smallest absolute Gasteiger partial charge is 0.326 e. The molecule has 0 spiro atoms. The molecule has 13 nitrogen and oxygen atoms in total. The molecule has 0 fully saturated rings. The van der Waals surface area contributed by atoms with Crippen LogP contribution in [0.15, 0.2) is 90.3 Å². The summed E-state index contributed by atoms with van der Waals surface area (Å²) in [6, 6.07) is 25.4. The molecular weight excluding hydrogens is 737 g/mol. The molecule has 1 atom stereocenters. The second kappa shape index (κ2) is 29.7. The molecule has 1 aromatic heterocycles. The summed E-state index contributed by atoms with van der Waals surface area (Å²) in [5, 5.41) is 20.6. The summed E-state index contributed by atoms with van der Waals surface area (Å²) in [7, 11) is 3.27. The third-order valence-corrected chi connectivity index (χ3v) is 7.65. The Morgan fingerprint density at radius 2 is 1.25 bits per heavy atom. The van der Waals surface area contributed by atoms with Crippen molar-refractivity contribution >= 4 is 40.9 Å². The van der Waals surface area contributed by atoms with Gasteiger partial charge in [0.05, 0.1) is 33.9 Å². The molecule has 2 aliphatic rings. The molecule has 0 unspecified atom stereocenters. The van der Waals surface area contributed by atoms with Crippen LogP contribution < -0.4 is 35.5 Å². The van der Waals surface area contributed by atoms with Crippen molar-refractivity contribution in [2.75, 3.05) is 40.5 Å². The van der Waals surface area contributed by atoms with Gasteiger partial charge in [-0.2, -0.15) is 0 Å². The van der Waals surface area contributed by atoms with Gasteiger partial charge in [0.25, 0.3) is 5.91 Å². The molecule has 6 rings (SSSR count). The number of fused-ring (bicyclic) bond motifs is 16. The van der Waals surface area contributed by atoms with Crippen LogP contribution in [0.5, 0.6) is 17.2 Å². The number of carboxylic acids is 1. The van der Waals surface area contributed by atoms with Gasteiger partial charge < -0.3 is 40.6 Å². The third-order valence-electron chi connectivity index (χ3n) is 6.85. The molecule has 298 valence electrons. The molecule has 0 aliphatic carbocycles. The minimum atomic E-state index is -1.23. The number of carbonyl (C=O) groups is 5. The van der Waals surface area contributed by atoms with E-state index in [1.165, 1.54) is 16.0 Å². The van der Waals surface area contributed by atoms with E-state index in [4.69, 9.17) is 14.2 Å². The number of thiophene rings is 1. The van der Waals surface area contributed by atoms with Gasteiger partial charge in [0.2, 0.25) is 17.7 Å². The number of hydrogen-bond donors (Lipinski definition) is 5. The van der Waals surface area contributed by atoms with Crippen LogP contribution in [0.25, 0.3) is 0 Å². The molecular formula is C42H50N4O9S. The molecule has 0 saturated carbocycles. The Morgan fingerprint density at radius 1 is 0.696 bits per heavy atom. The lowest BCUT2D eigenvalue weighted by Crippen LogP contribution is -2.48. The van der Waals surface area contributed by atoms with E-state index in [0.29, 0.717) is 11.3 Å². The normalized spacial score (nSPS) is 13.8. The standard InChI is InChI=1S/C17H20N4O7.C9H12O2.C7H8.C5H6S.2C2H2/c22-13-6-18-14(23)7-20-16(25)9-28-11-3-1-10(2-4-11)5-12(17(26)27)21-15(24)8-19-13;1-7-4-5-8(10-2)9(6-7)11-3;1-7-5-3-2-4-6-7;1-5-3-2-4-6-5;2*1-2/h1-4,12H,5-9H2,(H,18,23)(H,19,22)(H,20,25)(H,21,24)(H,26,27);4-6H,1-3H3;2-6H,1H3;2-4H,1H3;2*1-2H/t12-;;;;;/m0...../s1. The van der Waals surface area contributed by atoms with Crippen LogP contribution in [-0.4, -0.2) is 81.2 Å². The summed E-state index contributed by atoms with van der Waals surface area (Å²) in [5.41, 5.74) is 3.12. The zero-order chi connectivity index (χ0) is 42.3. The van der Waals surface area contributed by atoms with Gasteiger partial charge in [-0.05, 0) is 67.6 Å². The molecule has 2 aliphatic heterocycles. The Bertz CT molecular complexity index is 1790. The molecule has 14 heteroatoms. The predicted octanol–water partition coefficient (Wildman–Crippen LogP) is 4.10. The summed E-state index contributed by atoms with van der Waals surface area (Å²) < 4.78 is 15.4. The van der Waals surface area contributed by atoms with Gasteiger partial charge in [-0.25, -0.2) is 4.79 Å². The minimum Gasteiger partial charge on any atom is -0.493 e. The fraction of sp³-hybridized carbons (Fsp3) is 0.262. The van der Waals surface area contributed by atoms with Crippen LogP contribution in [0.1, 0.15) is 21.6 Å². The van der Waals surface area contributed by atoms with Crippen LogP contribution >= 0.6 is 11.3 Å². The van der Waals surface area contributed by atoms with E-state index < -0.39 is 48.7 Å². The number of carboxylic acid groups (broad SMARTS) is 1. The van der Waals surface area contributed by atoms with Crippen LogP contribution in [0, 0.1) is 46.5 Å². The van der Waals surface area contributed by atoms with Crippen molar-refractivity contribution < 1.29 is 43.3 Å². The lowest BCUT2D eigenvalue weighted by molar-refractivity contribution is -0.141. The maximum Gasteiger partial charge on any atom is 0.326 e. The molecule has 0 radical (unpaired) electrons. The molecule has 0 saturated heterocycles. The topological polar surface area (TPSA) is 181 Å². The van der Waals surface area contributed by atoms with E-state index in [-0.39, 0.29) is 19.6 Å². The van der Waals surface area contributed by atoms with Crippen LogP contribution in [0.4, 0.5) is 0 Å². The zero-order valence-electron chi connectivity index (χ0n) is 32.2. The molecule has 4 amide bonds. The molecule has 4 aromatic rings. The summed E-state index contributed by atoms with van der Waals surface area (Å²) in [6.45, 7) is 4.70. The highest BCUT2D eigenvalue weighted by Crippen LogP contribution is 2.26. The van der Waals surface area contributed by atoms with E-state index in [1.54, 1.807) is 49.8 Å². The maximum atomic E-state index is 11.9. The lowest BCUT2D eigenvalue weighted by atomic mass is 10.1. The third kappa shape index (κ3) is 22.3. The van der Waals surface area contributed by atoms with Crippen molar-refractivity contribution in [2.45, 2.75) is 33.2 Å². The number of methoxy groups -OCH3 is 2. The number of benzene rings is 3. The first kappa shape index (κ1) is 49.2. The Kier molecular flexibility index (Phi) is 26.1. The van der Waals surface area contributed by atoms with Gasteiger partial charge in [-0.3, -0.25) is 19.2 Å². The SMILES string of the molecule is C#C.C#C.COc1ccc(C)cc1OC.Cc1ccccc1.Cc1cccs1.O=C1CNC(=O)COc2ccc(cc2)C[C@@H](C(=O)O)NC(=O)CNC(=O)CN1. The average Bonchev–Trinajstić information content (AvgIpc) is 3.70. The first-order chi connectivity index (χ1) is 26.9. The molecule has 3 aromatic carbocycles. The molecule has 2 bridgehead atoms. The molecule has 5 N–H and O–H groups in total. The second-order valence-electron chi connectivity index (χ2n) is 11.2. The number of amides is 4.